The molecule has 0 radical (unpaired) electrons. The third-order valence-electron chi connectivity index (χ3n) is 3.35. The third kappa shape index (κ3) is 3.83. The fraction of sp³-hybridized carbons (Fsp3) is 0.333. The van der Waals surface area contributed by atoms with Crippen LogP contribution in [-0.4, -0.2) is 12.4 Å². The van der Waals surface area contributed by atoms with Crippen molar-refractivity contribution >= 4 is 27.7 Å². The molecule has 1 aliphatic rings. The predicted octanol–water partition coefficient (Wildman–Crippen LogP) is 6.11. The summed E-state index contributed by atoms with van der Waals surface area (Å²) in [6, 6.07) is 15.1. The standard InChI is InChI=1S/C16H15BrOS.C2H6/c1-2-18-13-6-3-11(4-7-13)15-10-19-16-8-5-12(17)9-14(15)16;1-2/h3-9,15H,2,10H2,1H3;1-2H3. The van der Waals surface area contributed by atoms with Crippen molar-refractivity contribution in [2.24, 2.45) is 0 Å². The van der Waals surface area contributed by atoms with Crippen LogP contribution in [-0.2, 0) is 0 Å². The van der Waals surface area contributed by atoms with Crippen molar-refractivity contribution in [3.63, 3.8) is 0 Å². The summed E-state index contributed by atoms with van der Waals surface area (Å²) in [6.07, 6.45) is 0. The lowest BCUT2D eigenvalue weighted by atomic mass is 9.93. The van der Waals surface area contributed by atoms with Gasteiger partial charge in [0, 0.05) is 21.0 Å². The maximum Gasteiger partial charge on any atom is 0.119 e. The van der Waals surface area contributed by atoms with E-state index in [1.165, 1.54) is 16.0 Å². The van der Waals surface area contributed by atoms with Gasteiger partial charge in [-0.15, -0.1) is 11.8 Å². The van der Waals surface area contributed by atoms with E-state index in [9.17, 15) is 0 Å². The van der Waals surface area contributed by atoms with E-state index >= 15 is 0 Å². The second-order valence-electron chi connectivity index (χ2n) is 4.55. The highest BCUT2D eigenvalue weighted by atomic mass is 79.9. The zero-order chi connectivity index (χ0) is 15.2. The van der Waals surface area contributed by atoms with Crippen LogP contribution in [0.25, 0.3) is 0 Å². The number of fused-ring (bicyclic) bond motifs is 1. The Morgan fingerprint density at radius 3 is 2.52 bits per heavy atom. The Balaban J connectivity index is 0.000000774. The Morgan fingerprint density at radius 1 is 1.14 bits per heavy atom. The van der Waals surface area contributed by atoms with Crippen LogP contribution in [0.4, 0.5) is 0 Å². The van der Waals surface area contributed by atoms with Gasteiger partial charge in [0.15, 0.2) is 0 Å². The topological polar surface area (TPSA) is 9.23 Å². The van der Waals surface area contributed by atoms with Gasteiger partial charge in [-0.3, -0.25) is 0 Å². The molecule has 0 bridgehead atoms. The van der Waals surface area contributed by atoms with E-state index in [0.717, 1.165) is 16.0 Å². The number of hydrogen-bond acceptors (Lipinski definition) is 2. The van der Waals surface area contributed by atoms with Crippen molar-refractivity contribution in [1.29, 1.82) is 0 Å². The molecule has 0 fully saturated rings. The van der Waals surface area contributed by atoms with Crippen molar-refractivity contribution in [3.05, 3.63) is 58.1 Å². The first-order chi connectivity index (χ1) is 10.3. The molecule has 1 aliphatic heterocycles. The van der Waals surface area contributed by atoms with E-state index < -0.39 is 0 Å². The van der Waals surface area contributed by atoms with Gasteiger partial charge in [-0.05, 0) is 48.4 Å². The second-order valence-corrected chi connectivity index (χ2v) is 6.53. The molecule has 0 aromatic heterocycles. The summed E-state index contributed by atoms with van der Waals surface area (Å²) in [6.45, 7) is 6.73. The normalized spacial score (nSPS) is 15.9. The van der Waals surface area contributed by atoms with Gasteiger partial charge in [-0.2, -0.15) is 0 Å². The van der Waals surface area contributed by atoms with Crippen LogP contribution in [0.1, 0.15) is 37.8 Å². The van der Waals surface area contributed by atoms with Crippen LogP contribution < -0.4 is 4.74 Å². The summed E-state index contributed by atoms with van der Waals surface area (Å²) >= 11 is 5.51. The minimum Gasteiger partial charge on any atom is -0.494 e. The van der Waals surface area contributed by atoms with E-state index in [2.05, 4.69) is 58.4 Å². The van der Waals surface area contributed by atoms with E-state index in [-0.39, 0.29) is 0 Å². The minimum absolute atomic E-state index is 0.494. The number of rotatable bonds is 3. The van der Waals surface area contributed by atoms with Crippen molar-refractivity contribution in [1.82, 2.24) is 0 Å². The highest BCUT2D eigenvalue weighted by Crippen LogP contribution is 2.44. The fourth-order valence-electron chi connectivity index (χ4n) is 2.42. The molecule has 3 rings (SSSR count). The molecule has 0 N–H and O–H groups in total. The smallest absolute Gasteiger partial charge is 0.119 e. The summed E-state index contributed by atoms with van der Waals surface area (Å²) in [5.41, 5.74) is 2.80. The maximum atomic E-state index is 5.50. The highest BCUT2D eigenvalue weighted by molar-refractivity contribution is 9.10. The number of benzene rings is 2. The molecular formula is C18H21BrOS. The zero-order valence-electron chi connectivity index (χ0n) is 12.7. The summed E-state index contributed by atoms with van der Waals surface area (Å²) in [4.78, 5) is 1.40. The first kappa shape index (κ1) is 16.4. The van der Waals surface area contributed by atoms with Crippen LogP contribution in [0.5, 0.6) is 5.75 Å². The number of hydrogen-bond donors (Lipinski definition) is 0. The lowest BCUT2D eigenvalue weighted by Gasteiger charge is -2.12. The molecule has 0 saturated heterocycles. The number of halogens is 1. The van der Waals surface area contributed by atoms with Crippen LogP contribution in [0.2, 0.25) is 0 Å². The molecule has 112 valence electrons. The first-order valence-corrected chi connectivity index (χ1v) is 9.21. The Kier molecular flexibility index (Phi) is 6.19. The monoisotopic (exact) mass is 364 g/mol. The average molecular weight is 365 g/mol. The molecule has 2 aromatic rings. The summed E-state index contributed by atoms with van der Waals surface area (Å²) in [7, 11) is 0. The molecule has 0 saturated carbocycles. The van der Waals surface area contributed by atoms with Gasteiger partial charge in [-0.1, -0.05) is 41.9 Å². The largest absolute Gasteiger partial charge is 0.494 e. The average Bonchev–Trinajstić information content (AvgIpc) is 2.93. The van der Waals surface area contributed by atoms with E-state index in [4.69, 9.17) is 4.74 Å². The van der Waals surface area contributed by atoms with Crippen LogP contribution in [0.15, 0.2) is 51.8 Å². The Bertz CT molecular complexity index is 580. The maximum absolute atomic E-state index is 5.50. The first-order valence-electron chi connectivity index (χ1n) is 7.43. The van der Waals surface area contributed by atoms with Crippen molar-refractivity contribution in [3.8, 4) is 5.75 Å². The highest BCUT2D eigenvalue weighted by Gasteiger charge is 2.24. The van der Waals surface area contributed by atoms with Gasteiger partial charge in [-0.25, -0.2) is 0 Å². The van der Waals surface area contributed by atoms with E-state index in [0.29, 0.717) is 12.5 Å². The molecule has 21 heavy (non-hydrogen) atoms. The van der Waals surface area contributed by atoms with Gasteiger partial charge in [0.25, 0.3) is 0 Å². The molecule has 2 aromatic carbocycles. The second kappa shape index (κ2) is 7.90. The van der Waals surface area contributed by atoms with E-state index in [1.807, 2.05) is 32.5 Å². The summed E-state index contributed by atoms with van der Waals surface area (Å²) in [5, 5.41) is 0. The Morgan fingerprint density at radius 2 is 1.86 bits per heavy atom. The summed E-state index contributed by atoms with van der Waals surface area (Å²) < 4.78 is 6.66. The molecule has 0 amide bonds. The number of ether oxygens (including phenoxy) is 1. The molecular weight excluding hydrogens is 344 g/mol. The molecule has 1 heterocycles. The third-order valence-corrected chi connectivity index (χ3v) is 5.02. The lowest BCUT2D eigenvalue weighted by molar-refractivity contribution is 0.340. The zero-order valence-corrected chi connectivity index (χ0v) is 15.1. The van der Waals surface area contributed by atoms with Gasteiger partial charge < -0.3 is 4.74 Å². The van der Waals surface area contributed by atoms with Gasteiger partial charge in [0.1, 0.15) is 5.75 Å². The molecule has 0 aliphatic carbocycles. The van der Waals surface area contributed by atoms with Crippen molar-refractivity contribution in [2.45, 2.75) is 31.6 Å². The Hall–Kier alpha value is -0.930. The van der Waals surface area contributed by atoms with Crippen LogP contribution in [0.3, 0.4) is 0 Å². The quantitative estimate of drug-likeness (QED) is 0.649. The lowest BCUT2D eigenvalue weighted by Crippen LogP contribution is -1.99. The molecule has 0 spiro atoms. The Labute approximate surface area is 140 Å². The molecule has 3 heteroatoms. The van der Waals surface area contributed by atoms with Gasteiger partial charge >= 0.3 is 0 Å². The molecule has 1 atom stereocenters. The predicted molar refractivity (Wildman–Crippen MR) is 95.7 cm³/mol. The van der Waals surface area contributed by atoms with Crippen LogP contribution in [0, 0.1) is 0 Å². The van der Waals surface area contributed by atoms with Crippen molar-refractivity contribution < 1.29 is 4.74 Å². The van der Waals surface area contributed by atoms with Gasteiger partial charge in [0.2, 0.25) is 0 Å². The number of thioether (sulfide) groups is 1. The SMILES string of the molecule is CC.CCOc1ccc(C2CSc3ccc(Br)cc32)cc1. The van der Waals surface area contributed by atoms with E-state index in [1.54, 1.807) is 0 Å². The van der Waals surface area contributed by atoms with Crippen molar-refractivity contribution in [2.75, 3.05) is 12.4 Å². The fourth-order valence-corrected chi connectivity index (χ4v) is 4.05. The molecule has 1 nitrogen and oxygen atoms in total. The molecule has 1 unspecified atom stereocenters. The summed E-state index contributed by atoms with van der Waals surface area (Å²) in [5.74, 6) is 2.57. The van der Waals surface area contributed by atoms with Gasteiger partial charge in [0.05, 0.1) is 6.61 Å². The minimum atomic E-state index is 0.494. The van der Waals surface area contributed by atoms with Crippen LogP contribution >= 0.6 is 27.7 Å².